The molecule has 1 fully saturated rings. The van der Waals surface area contributed by atoms with Crippen LogP contribution < -0.4 is 10.6 Å². The van der Waals surface area contributed by atoms with Crippen molar-refractivity contribution in [2.75, 3.05) is 13.1 Å². The first-order valence-electron chi connectivity index (χ1n) is 5.01. The molecule has 1 aliphatic carbocycles. The second-order valence-corrected chi connectivity index (χ2v) is 3.57. The quantitative estimate of drug-likeness (QED) is 0.596. The van der Waals surface area contributed by atoms with E-state index >= 15 is 0 Å². The average Bonchev–Trinajstić information content (AvgIpc) is 2.84. The summed E-state index contributed by atoms with van der Waals surface area (Å²) in [6, 6.07) is 4.29. The van der Waals surface area contributed by atoms with E-state index in [-0.39, 0.29) is 5.91 Å². The van der Waals surface area contributed by atoms with Crippen LogP contribution in [0, 0.1) is 0 Å². The smallest absolute Gasteiger partial charge is 0.267 e. The molecule has 3 N–H and O–H groups in total. The predicted molar refractivity (Wildman–Crippen MR) is 54.2 cm³/mol. The molecular weight excluding hydrogens is 178 g/mol. The summed E-state index contributed by atoms with van der Waals surface area (Å²) in [5, 5.41) is 6.17. The normalized spacial score (nSPS) is 15.4. The molecule has 1 aromatic heterocycles. The van der Waals surface area contributed by atoms with Crippen LogP contribution >= 0.6 is 0 Å². The van der Waals surface area contributed by atoms with E-state index in [0.29, 0.717) is 18.3 Å². The fourth-order valence-corrected chi connectivity index (χ4v) is 1.31. The van der Waals surface area contributed by atoms with Crippen molar-refractivity contribution in [1.82, 2.24) is 15.6 Å². The van der Waals surface area contributed by atoms with Gasteiger partial charge in [0.1, 0.15) is 5.69 Å². The van der Waals surface area contributed by atoms with E-state index in [9.17, 15) is 4.79 Å². The number of amides is 1. The Hall–Kier alpha value is -1.29. The van der Waals surface area contributed by atoms with Gasteiger partial charge in [-0.1, -0.05) is 0 Å². The highest BCUT2D eigenvalue weighted by Crippen LogP contribution is 2.17. The van der Waals surface area contributed by atoms with Crippen LogP contribution in [0.3, 0.4) is 0 Å². The van der Waals surface area contributed by atoms with Gasteiger partial charge in [0, 0.05) is 25.3 Å². The molecule has 1 amide bonds. The minimum atomic E-state index is -0.0346. The Labute approximate surface area is 83.1 Å². The van der Waals surface area contributed by atoms with Crippen molar-refractivity contribution in [2.45, 2.75) is 18.9 Å². The summed E-state index contributed by atoms with van der Waals surface area (Å²) in [5.74, 6) is -0.0346. The van der Waals surface area contributed by atoms with Gasteiger partial charge in [0.25, 0.3) is 5.91 Å². The molecule has 0 radical (unpaired) electrons. The Bertz CT molecular complexity index is 290. The molecule has 1 heterocycles. The second kappa shape index (κ2) is 4.28. The van der Waals surface area contributed by atoms with Gasteiger partial charge in [-0.2, -0.15) is 0 Å². The van der Waals surface area contributed by atoms with Crippen LogP contribution in [0.4, 0.5) is 0 Å². The van der Waals surface area contributed by atoms with Gasteiger partial charge >= 0.3 is 0 Å². The minimum absolute atomic E-state index is 0.0346. The molecule has 0 atom stereocenters. The molecule has 0 aliphatic heterocycles. The number of nitrogens with one attached hydrogen (secondary N) is 3. The standard InChI is InChI=1S/C10H15N3O/c14-10(9-2-1-5-12-9)13-7-6-11-8-3-4-8/h1-2,5,8,11-12H,3-4,6-7H2,(H,13,14). The zero-order valence-corrected chi connectivity index (χ0v) is 8.05. The average molecular weight is 193 g/mol. The van der Waals surface area contributed by atoms with Crippen molar-refractivity contribution in [3.63, 3.8) is 0 Å². The van der Waals surface area contributed by atoms with E-state index in [4.69, 9.17) is 0 Å². The molecule has 2 rings (SSSR count). The third-order valence-corrected chi connectivity index (χ3v) is 2.26. The highest BCUT2D eigenvalue weighted by Gasteiger charge is 2.19. The number of rotatable bonds is 5. The van der Waals surface area contributed by atoms with Crippen molar-refractivity contribution in [3.8, 4) is 0 Å². The Morgan fingerprint density at radius 1 is 1.50 bits per heavy atom. The molecule has 1 aliphatic rings. The molecule has 1 saturated carbocycles. The maximum atomic E-state index is 11.4. The fourth-order valence-electron chi connectivity index (χ4n) is 1.31. The van der Waals surface area contributed by atoms with Gasteiger partial charge in [0.2, 0.25) is 0 Å². The first-order chi connectivity index (χ1) is 6.86. The summed E-state index contributed by atoms with van der Waals surface area (Å²) in [4.78, 5) is 14.3. The first kappa shape index (κ1) is 9.27. The van der Waals surface area contributed by atoms with Crippen LogP contribution in [0.1, 0.15) is 23.3 Å². The lowest BCUT2D eigenvalue weighted by Gasteiger charge is -2.04. The van der Waals surface area contributed by atoms with E-state index in [1.54, 1.807) is 12.3 Å². The van der Waals surface area contributed by atoms with Gasteiger partial charge in [0.15, 0.2) is 0 Å². The minimum Gasteiger partial charge on any atom is -0.357 e. The molecule has 0 bridgehead atoms. The topological polar surface area (TPSA) is 56.9 Å². The van der Waals surface area contributed by atoms with Crippen LogP contribution in [0.25, 0.3) is 0 Å². The lowest BCUT2D eigenvalue weighted by Crippen LogP contribution is -2.32. The third kappa shape index (κ3) is 2.60. The number of aromatic amines is 1. The molecule has 0 aromatic carbocycles. The summed E-state index contributed by atoms with van der Waals surface area (Å²) < 4.78 is 0. The zero-order valence-electron chi connectivity index (χ0n) is 8.05. The number of hydrogen-bond acceptors (Lipinski definition) is 2. The van der Waals surface area contributed by atoms with Crippen molar-refractivity contribution >= 4 is 5.91 Å². The van der Waals surface area contributed by atoms with Gasteiger partial charge in [-0.3, -0.25) is 4.79 Å². The van der Waals surface area contributed by atoms with Crippen LogP contribution in [-0.2, 0) is 0 Å². The van der Waals surface area contributed by atoms with E-state index in [2.05, 4.69) is 15.6 Å². The van der Waals surface area contributed by atoms with Gasteiger partial charge in [-0.15, -0.1) is 0 Å². The van der Waals surface area contributed by atoms with Crippen LogP contribution in [0.5, 0.6) is 0 Å². The molecule has 0 saturated heterocycles. The van der Waals surface area contributed by atoms with Crippen molar-refractivity contribution in [3.05, 3.63) is 24.0 Å². The molecule has 76 valence electrons. The number of aromatic nitrogens is 1. The Morgan fingerprint density at radius 3 is 3.00 bits per heavy atom. The Kier molecular flexibility index (Phi) is 2.84. The predicted octanol–water partition coefficient (Wildman–Crippen LogP) is 0.496. The number of carbonyl (C=O) groups excluding carboxylic acids is 1. The number of H-pyrrole nitrogens is 1. The molecule has 4 nitrogen and oxygen atoms in total. The maximum Gasteiger partial charge on any atom is 0.267 e. The third-order valence-electron chi connectivity index (χ3n) is 2.26. The van der Waals surface area contributed by atoms with Crippen LogP contribution in [0.15, 0.2) is 18.3 Å². The Morgan fingerprint density at radius 2 is 2.36 bits per heavy atom. The van der Waals surface area contributed by atoms with Crippen molar-refractivity contribution in [2.24, 2.45) is 0 Å². The van der Waals surface area contributed by atoms with Gasteiger partial charge in [0.05, 0.1) is 0 Å². The molecule has 14 heavy (non-hydrogen) atoms. The Balaban J connectivity index is 1.62. The largest absolute Gasteiger partial charge is 0.357 e. The van der Waals surface area contributed by atoms with Gasteiger partial charge in [-0.05, 0) is 25.0 Å². The van der Waals surface area contributed by atoms with E-state index in [1.807, 2.05) is 6.07 Å². The molecular formula is C10H15N3O. The van der Waals surface area contributed by atoms with E-state index in [1.165, 1.54) is 12.8 Å². The second-order valence-electron chi connectivity index (χ2n) is 3.57. The molecule has 1 aromatic rings. The molecule has 4 heteroatoms. The zero-order chi connectivity index (χ0) is 9.80. The van der Waals surface area contributed by atoms with Crippen LogP contribution in [0.2, 0.25) is 0 Å². The highest BCUT2D eigenvalue weighted by atomic mass is 16.1. The summed E-state index contributed by atoms with van der Waals surface area (Å²) in [6.45, 7) is 1.55. The molecule has 0 unspecified atom stereocenters. The van der Waals surface area contributed by atoms with Gasteiger partial charge < -0.3 is 15.6 Å². The summed E-state index contributed by atoms with van der Waals surface area (Å²) in [6.07, 6.45) is 4.31. The SMILES string of the molecule is O=C(NCCNC1CC1)c1ccc[nH]1. The summed E-state index contributed by atoms with van der Waals surface area (Å²) in [5.41, 5.74) is 0.622. The first-order valence-corrected chi connectivity index (χ1v) is 5.01. The van der Waals surface area contributed by atoms with Gasteiger partial charge in [-0.25, -0.2) is 0 Å². The highest BCUT2D eigenvalue weighted by molar-refractivity contribution is 5.92. The number of carbonyl (C=O) groups is 1. The summed E-state index contributed by atoms with van der Waals surface area (Å²) in [7, 11) is 0. The van der Waals surface area contributed by atoms with E-state index < -0.39 is 0 Å². The fraction of sp³-hybridized carbons (Fsp3) is 0.500. The number of hydrogen-bond donors (Lipinski definition) is 3. The molecule has 0 spiro atoms. The van der Waals surface area contributed by atoms with Crippen LogP contribution in [-0.4, -0.2) is 30.0 Å². The maximum absolute atomic E-state index is 11.4. The summed E-state index contributed by atoms with van der Waals surface area (Å²) >= 11 is 0. The van der Waals surface area contributed by atoms with Crippen molar-refractivity contribution in [1.29, 1.82) is 0 Å². The van der Waals surface area contributed by atoms with E-state index in [0.717, 1.165) is 6.54 Å². The monoisotopic (exact) mass is 193 g/mol. The van der Waals surface area contributed by atoms with Crippen molar-refractivity contribution < 1.29 is 4.79 Å². The lowest BCUT2D eigenvalue weighted by atomic mass is 10.4. The lowest BCUT2D eigenvalue weighted by molar-refractivity contribution is 0.0949.